The summed E-state index contributed by atoms with van der Waals surface area (Å²) in [6.45, 7) is 0. The topological polar surface area (TPSA) is 47.1 Å². The van der Waals surface area contributed by atoms with Crippen molar-refractivity contribution in [1.82, 2.24) is 9.97 Å². The fourth-order valence-corrected chi connectivity index (χ4v) is 3.26. The summed E-state index contributed by atoms with van der Waals surface area (Å²) in [5, 5.41) is 0. The number of rotatable bonds is 5. The summed E-state index contributed by atoms with van der Waals surface area (Å²) in [7, 11) is 3.16. The number of hydrogen-bond acceptors (Lipinski definition) is 3. The lowest BCUT2D eigenvalue weighted by molar-refractivity contribution is 0.415. The molecule has 0 unspecified atom stereocenters. The number of halogens is 2. The molecule has 4 aromatic rings. The van der Waals surface area contributed by atoms with Gasteiger partial charge in [-0.05, 0) is 36.4 Å². The third-order valence-electron chi connectivity index (χ3n) is 4.63. The first-order chi connectivity index (χ1) is 14.1. The van der Waals surface area contributed by atoms with E-state index in [9.17, 15) is 8.78 Å². The molecular weight excluding hydrogens is 374 g/mol. The number of imidazole rings is 1. The van der Waals surface area contributed by atoms with E-state index < -0.39 is 11.6 Å². The standard InChI is InChI=1S/C23H18F2N2O2/c1-28-19-9-5-3-7-16(19)21-22(17-8-4-6-10-20(17)29-2)27-23(26-21)15-12-11-14(24)13-18(15)25/h3-13H,1-2H3,(H,26,27). The molecule has 0 aliphatic heterocycles. The molecule has 1 heterocycles. The Labute approximate surface area is 166 Å². The molecule has 1 N–H and O–H groups in total. The van der Waals surface area contributed by atoms with Crippen LogP contribution in [0.1, 0.15) is 0 Å². The minimum Gasteiger partial charge on any atom is -0.496 e. The summed E-state index contributed by atoms with van der Waals surface area (Å²) in [5.41, 5.74) is 2.89. The van der Waals surface area contributed by atoms with E-state index in [1.807, 2.05) is 48.5 Å². The summed E-state index contributed by atoms with van der Waals surface area (Å²) in [6, 6.07) is 18.3. The maximum Gasteiger partial charge on any atom is 0.141 e. The highest BCUT2D eigenvalue weighted by Gasteiger charge is 2.21. The number of aromatic amines is 1. The number of H-pyrrole nitrogens is 1. The fraction of sp³-hybridized carbons (Fsp3) is 0.0870. The number of hydrogen-bond donors (Lipinski definition) is 1. The molecule has 0 spiro atoms. The van der Waals surface area contributed by atoms with Crippen LogP contribution in [0.3, 0.4) is 0 Å². The van der Waals surface area contributed by atoms with Gasteiger partial charge in [0.25, 0.3) is 0 Å². The Bertz CT molecular complexity index is 1110. The molecule has 0 aliphatic carbocycles. The zero-order valence-electron chi connectivity index (χ0n) is 15.9. The Hall–Kier alpha value is -3.67. The van der Waals surface area contributed by atoms with Crippen molar-refractivity contribution in [3.63, 3.8) is 0 Å². The van der Waals surface area contributed by atoms with Crippen LogP contribution in [0, 0.1) is 11.6 Å². The van der Waals surface area contributed by atoms with Gasteiger partial charge in [0.1, 0.15) is 34.7 Å². The Kier molecular flexibility index (Phi) is 4.99. The van der Waals surface area contributed by atoms with Gasteiger partial charge in [0, 0.05) is 17.2 Å². The van der Waals surface area contributed by atoms with Gasteiger partial charge < -0.3 is 14.5 Å². The van der Waals surface area contributed by atoms with Crippen LogP contribution in [0.5, 0.6) is 11.5 Å². The average molecular weight is 392 g/mol. The molecule has 1 aromatic heterocycles. The Morgan fingerprint density at radius 3 is 2.03 bits per heavy atom. The van der Waals surface area contributed by atoms with E-state index in [0.29, 0.717) is 22.9 Å². The van der Waals surface area contributed by atoms with Crippen LogP contribution in [0.4, 0.5) is 8.78 Å². The highest BCUT2D eigenvalue weighted by molar-refractivity contribution is 5.86. The summed E-state index contributed by atoms with van der Waals surface area (Å²) in [5.74, 6) is 0.202. The SMILES string of the molecule is COc1ccccc1-c1nc(-c2ccc(F)cc2F)[nH]c1-c1ccccc1OC. The van der Waals surface area contributed by atoms with Crippen molar-refractivity contribution in [2.45, 2.75) is 0 Å². The maximum absolute atomic E-state index is 14.4. The van der Waals surface area contributed by atoms with Gasteiger partial charge in [0.2, 0.25) is 0 Å². The minimum atomic E-state index is -0.697. The number of ether oxygens (including phenoxy) is 2. The Morgan fingerprint density at radius 1 is 0.759 bits per heavy atom. The molecule has 4 rings (SSSR count). The maximum atomic E-state index is 14.4. The molecular formula is C23H18F2N2O2. The van der Waals surface area contributed by atoms with Gasteiger partial charge in [-0.15, -0.1) is 0 Å². The van der Waals surface area contributed by atoms with E-state index in [-0.39, 0.29) is 11.4 Å². The fourth-order valence-electron chi connectivity index (χ4n) is 3.26. The van der Waals surface area contributed by atoms with Crippen molar-refractivity contribution in [3.05, 3.63) is 78.4 Å². The number of methoxy groups -OCH3 is 2. The van der Waals surface area contributed by atoms with E-state index >= 15 is 0 Å². The van der Waals surface area contributed by atoms with Crippen LogP contribution >= 0.6 is 0 Å². The van der Waals surface area contributed by atoms with Crippen LogP contribution in [0.15, 0.2) is 66.7 Å². The number of nitrogens with one attached hydrogen (secondary N) is 1. The molecule has 3 aromatic carbocycles. The average Bonchev–Trinajstić information content (AvgIpc) is 3.18. The second kappa shape index (κ2) is 7.75. The lowest BCUT2D eigenvalue weighted by atomic mass is 10.0. The first kappa shape index (κ1) is 18.7. The summed E-state index contributed by atoms with van der Waals surface area (Å²) >= 11 is 0. The first-order valence-electron chi connectivity index (χ1n) is 8.94. The monoisotopic (exact) mass is 392 g/mol. The lowest BCUT2D eigenvalue weighted by Gasteiger charge is -2.10. The zero-order chi connectivity index (χ0) is 20.4. The largest absolute Gasteiger partial charge is 0.496 e. The van der Waals surface area contributed by atoms with Crippen LogP contribution in [0.25, 0.3) is 33.9 Å². The Balaban J connectivity index is 1.99. The molecule has 0 fully saturated rings. The third-order valence-corrected chi connectivity index (χ3v) is 4.63. The highest BCUT2D eigenvalue weighted by atomic mass is 19.1. The molecule has 0 bridgehead atoms. The molecule has 0 aliphatic rings. The van der Waals surface area contributed by atoms with E-state index in [1.165, 1.54) is 12.1 Å². The number of nitrogens with zero attached hydrogens (tertiary/aromatic N) is 1. The molecule has 29 heavy (non-hydrogen) atoms. The molecule has 6 heteroatoms. The van der Waals surface area contributed by atoms with Gasteiger partial charge in [-0.3, -0.25) is 0 Å². The lowest BCUT2D eigenvalue weighted by Crippen LogP contribution is -1.92. The van der Waals surface area contributed by atoms with Gasteiger partial charge >= 0.3 is 0 Å². The van der Waals surface area contributed by atoms with Crippen LogP contribution in [0.2, 0.25) is 0 Å². The molecule has 146 valence electrons. The summed E-state index contributed by atoms with van der Waals surface area (Å²) < 4.78 is 38.8. The minimum absolute atomic E-state index is 0.170. The Morgan fingerprint density at radius 2 is 1.38 bits per heavy atom. The van der Waals surface area contributed by atoms with Crippen molar-refractivity contribution in [2.75, 3.05) is 14.2 Å². The van der Waals surface area contributed by atoms with Crippen LogP contribution in [-0.4, -0.2) is 24.2 Å². The molecule has 0 saturated carbocycles. The van der Waals surface area contributed by atoms with Crippen molar-refractivity contribution in [2.24, 2.45) is 0 Å². The smallest absolute Gasteiger partial charge is 0.141 e. The van der Waals surface area contributed by atoms with E-state index in [0.717, 1.165) is 17.2 Å². The van der Waals surface area contributed by atoms with Gasteiger partial charge in [-0.1, -0.05) is 24.3 Å². The molecule has 0 radical (unpaired) electrons. The summed E-state index contributed by atoms with van der Waals surface area (Å²) in [4.78, 5) is 7.84. The van der Waals surface area contributed by atoms with Gasteiger partial charge in [-0.2, -0.15) is 0 Å². The normalized spacial score (nSPS) is 10.8. The van der Waals surface area contributed by atoms with E-state index in [4.69, 9.17) is 9.47 Å². The first-order valence-corrected chi connectivity index (χ1v) is 8.94. The quantitative estimate of drug-likeness (QED) is 0.473. The second-order valence-corrected chi connectivity index (χ2v) is 6.33. The van der Waals surface area contributed by atoms with E-state index in [1.54, 1.807) is 14.2 Å². The molecule has 0 atom stereocenters. The predicted octanol–water partition coefficient (Wildman–Crippen LogP) is 5.71. The highest BCUT2D eigenvalue weighted by Crippen LogP contribution is 2.40. The second-order valence-electron chi connectivity index (χ2n) is 6.33. The van der Waals surface area contributed by atoms with Crippen molar-refractivity contribution < 1.29 is 18.3 Å². The summed E-state index contributed by atoms with van der Waals surface area (Å²) in [6.07, 6.45) is 0. The van der Waals surface area contributed by atoms with Crippen molar-refractivity contribution in [3.8, 4) is 45.4 Å². The van der Waals surface area contributed by atoms with Crippen molar-refractivity contribution in [1.29, 1.82) is 0 Å². The van der Waals surface area contributed by atoms with Gasteiger partial charge in [0.05, 0.1) is 25.5 Å². The van der Waals surface area contributed by atoms with Gasteiger partial charge in [0.15, 0.2) is 0 Å². The van der Waals surface area contributed by atoms with Crippen LogP contribution in [-0.2, 0) is 0 Å². The van der Waals surface area contributed by atoms with E-state index in [2.05, 4.69) is 9.97 Å². The molecule has 4 nitrogen and oxygen atoms in total. The van der Waals surface area contributed by atoms with Crippen molar-refractivity contribution >= 4 is 0 Å². The predicted molar refractivity (Wildman–Crippen MR) is 108 cm³/mol. The molecule has 0 saturated heterocycles. The number of benzene rings is 3. The zero-order valence-corrected chi connectivity index (χ0v) is 15.9. The van der Waals surface area contributed by atoms with Gasteiger partial charge in [-0.25, -0.2) is 13.8 Å². The third kappa shape index (κ3) is 3.45. The number of aromatic nitrogens is 2. The molecule has 0 amide bonds. The number of para-hydroxylation sites is 2. The van der Waals surface area contributed by atoms with Crippen LogP contribution < -0.4 is 9.47 Å².